The summed E-state index contributed by atoms with van der Waals surface area (Å²) in [7, 11) is 1.65. The Hall–Kier alpha value is -4.07. The highest BCUT2D eigenvalue weighted by Gasteiger charge is 2.13. The van der Waals surface area contributed by atoms with E-state index in [0.29, 0.717) is 31.5 Å². The van der Waals surface area contributed by atoms with E-state index in [1.54, 1.807) is 19.5 Å². The summed E-state index contributed by atoms with van der Waals surface area (Å²) >= 11 is 0. The molecular weight excluding hydrogens is 394 g/mol. The monoisotopic (exact) mass is 415 g/mol. The molecule has 5 rings (SSSR count). The second-order valence-electron chi connectivity index (χ2n) is 6.97. The molecule has 3 heterocycles. The Morgan fingerprint density at radius 3 is 2.65 bits per heavy atom. The number of pyridine rings is 1. The van der Waals surface area contributed by atoms with Crippen molar-refractivity contribution in [3.63, 3.8) is 0 Å². The van der Waals surface area contributed by atoms with Gasteiger partial charge >= 0.3 is 0 Å². The first kappa shape index (κ1) is 18.9. The molecule has 0 aliphatic carbocycles. The van der Waals surface area contributed by atoms with Crippen LogP contribution < -0.4 is 24.8 Å². The molecule has 8 nitrogen and oxygen atoms in total. The summed E-state index contributed by atoms with van der Waals surface area (Å²) in [5.74, 6) is 3.53. The number of hydrogen-bond acceptors (Lipinski definition) is 8. The first-order valence-corrected chi connectivity index (χ1v) is 9.94. The van der Waals surface area contributed by atoms with E-state index in [2.05, 4.69) is 25.6 Å². The molecular formula is C23H21N5O3. The lowest BCUT2D eigenvalue weighted by Crippen LogP contribution is -2.15. The number of methoxy groups -OCH3 is 1. The fraction of sp³-hybridized carbons (Fsp3) is 0.174. The predicted molar refractivity (Wildman–Crippen MR) is 118 cm³/mol. The Bertz CT molecular complexity index is 1210. The molecule has 0 spiro atoms. The standard InChI is InChI=1S/C23H21N5O3/c1-29-17-5-2-15(3-6-17)13-25-23-26-14-18-19(28-23)8-9-24-22(18)27-16-4-7-20-21(12-16)31-11-10-30-20/h2-9,12,14H,10-11,13H2,1H3,(H,24,27)(H,25,26,28). The van der Waals surface area contributed by atoms with Gasteiger partial charge < -0.3 is 24.8 Å². The lowest BCUT2D eigenvalue weighted by Gasteiger charge is -2.19. The van der Waals surface area contributed by atoms with Crippen LogP contribution in [0.3, 0.4) is 0 Å². The quantitative estimate of drug-likeness (QED) is 0.485. The zero-order valence-electron chi connectivity index (χ0n) is 17.0. The fourth-order valence-corrected chi connectivity index (χ4v) is 3.32. The van der Waals surface area contributed by atoms with Crippen molar-refractivity contribution in [2.75, 3.05) is 31.0 Å². The predicted octanol–water partition coefficient (Wildman–Crippen LogP) is 4.16. The molecule has 31 heavy (non-hydrogen) atoms. The van der Waals surface area contributed by atoms with Crippen LogP contribution in [0.15, 0.2) is 60.9 Å². The number of fused-ring (bicyclic) bond motifs is 2. The summed E-state index contributed by atoms with van der Waals surface area (Å²) in [6.07, 6.45) is 3.50. The first-order valence-electron chi connectivity index (χ1n) is 9.94. The van der Waals surface area contributed by atoms with Gasteiger partial charge in [-0.3, -0.25) is 0 Å². The molecule has 0 unspecified atom stereocenters. The van der Waals surface area contributed by atoms with Crippen LogP contribution in [0.2, 0.25) is 0 Å². The van der Waals surface area contributed by atoms with Crippen molar-refractivity contribution in [3.05, 3.63) is 66.5 Å². The topological polar surface area (TPSA) is 90.4 Å². The summed E-state index contributed by atoms with van der Waals surface area (Å²) < 4.78 is 16.4. The smallest absolute Gasteiger partial charge is 0.223 e. The summed E-state index contributed by atoms with van der Waals surface area (Å²) in [4.78, 5) is 13.5. The van der Waals surface area contributed by atoms with Gasteiger partial charge in [-0.15, -0.1) is 0 Å². The molecule has 2 aromatic carbocycles. The van der Waals surface area contributed by atoms with E-state index in [4.69, 9.17) is 14.2 Å². The molecule has 2 aromatic heterocycles. The van der Waals surface area contributed by atoms with Crippen molar-refractivity contribution >= 4 is 28.4 Å². The van der Waals surface area contributed by atoms with Crippen molar-refractivity contribution in [2.45, 2.75) is 6.54 Å². The number of ether oxygens (including phenoxy) is 3. The number of anilines is 3. The molecule has 1 aliphatic heterocycles. The van der Waals surface area contributed by atoms with Gasteiger partial charge in [-0.25, -0.2) is 15.0 Å². The van der Waals surface area contributed by atoms with Gasteiger partial charge in [0.2, 0.25) is 5.95 Å². The number of nitrogens with zero attached hydrogens (tertiary/aromatic N) is 3. The third-order valence-electron chi connectivity index (χ3n) is 4.92. The number of rotatable bonds is 6. The van der Waals surface area contributed by atoms with Gasteiger partial charge in [0.15, 0.2) is 11.5 Å². The average molecular weight is 415 g/mol. The van der Waals surface area contributed by atoms with Crippen LogP contribution in [0.5, 0.6) is 17.2 Å². The molecule has 1 aliphatic rings. The van der Waals surface area contributed by atoms with Gasteiger partial charge in [-0.2, -0.15) is 0 Å². The van der Waals surface area contributed by atoms with E-state index in [-0.39, 0.29) is 0 Å². The number of aromatic nitrogens is 3. The largest absolute Gasteiger partial charge is 0.497 e. The van der Waals surface area contributed by atoms with Crippen LogP contribution in [0.25, 0.3) is 10.9 Å². The highest BCUT2D eigenvalue weighted by atomic mass is 16.6. The zero-order chi connectivity index (χ0) is 21.0. The van der Waals surface area contributed by atoms with Crippen LogP contribution >= 0.6 is 0 Å². The lowest BCUT2D eigenvalue weighted by atomic mass is 10.2. The molecule has 2 N–H and O–H groups in total. The molecule has 4 aromatic rings. The van der Waals surface area contributed by atoms with Crippen LogP contribution in [0, 0.1) is 0 Å². The molecule has 0 saturated heterocycles. The average Bonchev–Trinajstić information content (AvgIpc) is 2.83. The maximum Gasteiger partial charge on any atom is 0.223 e. The van der Waals surface area contributed by atoms with E-state index in [1.165, 1.54) is 0 Å². The minimum atomic E-state index is 0.545. The van der Waals surface area contributed by atoms with E-state index in [0.717, 1.165) is 39.4 Å². The Morgan fingerprint density at radius 1 is 0.968 bits per heavy atom. The summed E-state index contributed by atoms with van der Waals surface area (Å²) in [6, 6.07) is 15.5. The van der Waals surface area contributed by atoms with Crippen LogP contribution in [-0.2, 0) is 6.54 Å². The Labute approximate surface area is 179 Å². The summed E-state index contributed by atoms with van der Waals surface area (Å²) in [5.41, 5.74) is 2.76. The van der Waals surface area contributed by atoms with Crippen LogP contribution in [0.4, 0.5) is 17.5 Å². The van der Waals surface area contributed by atoms with Gasteiger partial charge in [0.25, 0.3) is 0 Å². The van der Waals surface area contributed by atoms with Crippen molar-refractivity contribution in [2.24, 2.45) is 0 Å². The first-order chi connectivity index (χ1) is 15.3. The minimum Gasteiger partial charge on any atom is -0.497 e. The molecule has 0 radical (unpaired) electrons. The molecule has 0 bridgehead atoms. The van der Waals surface area contributed by atoms with Crippen molar-refractivity contribution in [3.8, 4) is 17.2 Å². The fourth-order valence-electron chi connectivity index (χ4n) is 3.32. The third kappa shape index (κ3) is 4.13. The Morgan fingerprint density at radius 2 is 1.81 bits per heavy atom. The number of benzene rings is 2. The normalized spacial score (nSPS) is 12.4. The number of hydrogen-bond donors (Lipinski definition) is 2. The second-order valence-corrected chi connectivity index (χ2v) is 6.97. The molecule has 8 heteroatoms. The molecule has 0 fully saturated rings. The van der Waals surface area contributed by atoms with Gasteiger partial charge in [-0.1, -0.05) is 12.1 Å². The van der Waals surface area contributed by atoms with Crippen LogP contribution in [-0.4, -0.2) is 35.3 Å². The van der Waals surface area contributed by atoms with Gasteiger partial charge in [0.05, 0.1) is 18.0 Å². The highest BCUT2D eigenvalue weighted by molar-refractivity contribution is 5.90. The second kappa shape index (κ2) is 8.35. The van der Waals surface area contributed by atoms with E-state index < -0.39 is 0 Å². The third-order valence-corrected chi connectivity index (χ3v) is 4.92. The van der Waals surface area contributed by atoms with Crippen molar-refractivity contribution in [1.29, 1.82) is 0 Å². The molecule has 0 amide bonds. The van der Waals surface area contributed by atoms with Gasteiger partial charge in [-0.05, 0) is 35.9 Å². The minimum absolute atomic E-state index is 0.545. The lowest BCUT2D eigenvalue weighted by molar-refractivity contribution is 0.171. The number of nitrogens with one attached hydrogen (secondary N) is 2. The van der Waals surface area contributed by atoms with E-state index in [9.17, 15) is 0 Å². The van der Waals surface area contributed by atoms with E-state index in [1.807, 2.05) is 48.5 Å². The van der Waals surface area contributed by atoms with Crippen molar-refractivity contribution in [1.82, 2.24) is 15.0 Å². The van der Waals surface area contributed by atoms with Crippen LogP contribution in [0.1, 0.15) is 5.56 Å². The maximum absolute atomic E-state index is 5.66. The zero-order valence-corrected chi connectivity index (χ0v) is 17.0. The maximum atomic E-state index is 5.66. The van der Waals surface area contributed by atoms with Crippen molar-refractivity contribution < 1.29 is 14.2 Å². The highest BCUT2D eigenvalue weighted by Crippen LogP contribution is 2.34. The van der Waals surface area contributed by atoms with Gasteiger partial charge in [0.1, 0.15) is 24.8 Å². The molecule has 0 saturated carbocycles. The summed E-state index contributed by atoms with van der Waals surface area (Å²) in [6.45, 7) is 1.73. The van der Waals surface area contributed by atoms with E-state index >= 15 is 0 Å². The van der Waals surface area contributed by atoms with Gasteiger partial charge in [0, 0.05) is 30.7 Å². The Kier molecular flexibility index (Phi) is 5.10. The Balaban J connectivity index is 1.33. The molecule has 156 valence electrons. The SMILES string of the molecule is COc1ccc(CNc2ncc3c(Nc4ccc5c(c4)OCCO5)nccc3n2)cc1. The molecule has 0 atom stereocenters. The summed E-state index contributed by atoms with van der Waals surface area (Å²) in [5, 5.41) is 7.41.